The molecule has 0 bridgehead atoms. The highest BCUT2D eigenvalue weighted by molar-refractivity contribution is 6.30. The molecule has 1 atom stereocenters. The molecule has 0 radical (unpaired) electrons. The third-order valence-electron chi connectivity index (χ3n) is 4.54. The van der Waals surface area contributed by atoms with Crippen LogP contribution in [0.15, 0.2) is 42.5 Å². The van der Waals surface area contributed by atoms with Crippen LogP contribution in [0, 0.1) is 10.1 Å². The predicted octanol–water partition coefficient (Wildman–Crippen LogP) is 3.51. The number of rotatable bonds is 6. The predicted molar refractivity (Wildman–Crippen MR) is 107 cm³/mol. The molecule has 0 saturated carbocycles. The number of hydrogen-bond acceptors (Lipinski definition) is 7. The lowest BCUT2D eigenvalue weighted by molar-refractivity contribution is -0.384. The fourth-order valence-electron chi connectivity index (χ4n) is 3.00. The molecule has 1 heterocycles. The number of hydrogen-bond donors (Lipinski definition) is 0. The maximum atomic E-state index is 12.5. The maximum absolute atomic E-state index is 12.5. The van der Waals surface area contributed by atoms with E-state index in [1.807, 2.05) is 4.90 Å². The Balaban J connectivity index is 1.76. The molecule has 1 aliphatic rings. The Morgan fingerprint density at radius 3 is 2.38 bits per heavy atom. The first-order valence-electron chi connectivity index (χ1n) is 8.98. The van der Waals surface area contributed by atoms with E-state index in [9.17, 15) is 19.7 Å². The molecule has 152 valence electrons. The Bertz CT molecular complexity index is 925. The number of Topliss-reactive ketones (excluding diaryl/α,β-unsaturated/α-hetero) is 1. The van der Waals surface area contributed by atoms with Crippen LogP contribution in [0.2, 0.25) is 5.02 Å². The molecule has 0 N–H and O–H groups in total. The van der Waals surface area contributed by atoms with E-state index in [4.69, 9.17) is 21.1 Å². The molecule has 29 heavy (non-hydrogen) atoms. The van der Waals surface area contributed by atoms with Crippen LogP contribution >= 0.6 is 11.6 Å². The monoisotopic (exact) mass is 418 g/mol. The van der Waals surface area contributed by atoms with E-state index < -0.39 is 22.8 Å². The summed E-state index contributed by atoms with van der Waals surface area (Å²) in [4.78, 5) is 37.7. The topological polar surface area (TPSA) is 99.0 Å². The number of anilines is 1. The Kier molecular flexibility index (Phi) is 6.46. The third kappa shape index (κ3) is 4.90. The number of benzene rings is 2. The van der Waals surface area contributed by atoms with Gasteiger partial charge in [-0.1, -0.05) is 11.6 Å². The number of ether oxygens (including phenoxy) is 2. The minimum Gasteiger partial charge on any atom is -0.451 e. The van der Waals surface area contributed by atoms with Crippen LogP contribution in [0.1, 0.15) is 27.6 Å². The molecule has 0 aliphatic carbocycles. The summed E-state index contributed by atoms with van der Waals surface area (Å²) in [5.74, 6) is -1.20. The second-order valence-corrected chi connectivity index (χ2v) is 6.92. The van der Waals surface area contributed by atoms with Crippen LogP contribution in [0.5, 0.6) is 0 Å². The van der Waals surface area contributed by atoms with Gasteiger partial charge in [-0.2, -0.15) is 0 Å². The fourth-order valence-corrected chi connectivity index (χ4v) is 3.13. The highest BCUT2D eigenvalue weighted by Gasteiger charge is 2.25. The van der Waals surface area contributed by atoms with E-state index in [-0.39, 0.29) is 11.3 Å². The average molecular weight is 419 g/mol. The van der Waals surface area contributed by atoms with Gasteiger partial charge in [-0.05, 0) is 43.3 Å². The second kappa shape index (κ2) is 9.02. The number of ketones is 1. The third-order valence-corrected chi connectivity index (χ3v) is 4.79. The molecule has 1 aliphatic heterocycles. The zero-order chi connectivity index (χ0) is 21.0. The van der Waals surface area contributed by atoms with Crippen LogP contribution in [0.25, 0.3) is 0 Å². The van der Waals surface area contributed by atoms with E-state index in [0.717, 1.165) is 0 Å². The summed E-state index contributed by atoms with van der Waals surface area (Å²) in [6.45, 7) is 3.45. The minimum absolute atomic E-state index is 0.00413. The zero-order valence-electron chi connectivity index (χ0n) is 15.7. The van der Waals surface area contributed by atoms with Crippen molar-refractivity contribution >= 4 is 34.7 Å². The molecule has 3 rings (SSSR count). The summed E-state index contributed by atoms with van der Waals surface area (Å²) in [6, 6.07) is 10.4. The van der Waals surface area contributed by atoms with Gasteiger partial charge in [0.05, 0.1) is 23.7 Å². The van der Waals surface area contributed by atoms with Crippen molar-refractivity contribution in [1.82, 2.24) is 0 Å². The van der Waals surface area contributed by atoms with Crippen molar-refractivity contribution in [2.75, 3.05) is 31.2 Å². The Hall–Kier alpha value is -2.97. The van der Waals surface area contributed by atoms with Gasteiger partial charge in [0.25, 0.3) is 5.69 Å². The summed E-state index contributed by atoms with van der Waals surface area (Å²) in [7, 11) is 0. The Morgan fingerprint density at radius 2 is 1.76 bits per heavy atom. The van der Waals surface area contributed by atoms with Gasteiger partial charge < -0.3 is 14.4 Å². The number of carbonyl (C=O) groups is 2. The summed E-state index contributed by atoms with van der Waals surface area (Å²) in [5, 5.41) is 12.0. The van der Waals surface area contributed by atoms with Gasteiger partial charge in [0.1, 0.15) is 5.69 Å². The van der Waals surface area contributed by atoms with Crippen molar-refractivity contribution in [2.45, 2.75) is 13.0 Å². The molecule has 2 aromatic carbocycles. The first-order chi connectivity index (χ1) is 13.9. The molecular weight excluding hydrogens is 400 g/mol. The zero-order valence-corrected chi connectivity index (χ0v) is 16.4. The lowest BCUT2D eigenvalue weighted by Crippen LogP contribution is -2.36. The molecule has 2 aromatic rings. The van der Waals surface area contributed by atoms with Crippen LogP contribution in [-0.2, 0) is 9.47 Å². The molecular formula is C20H19ClN2O6. The number of carbonyl (C=O) groups excluding carboxylic acids is 2. The standard InChI is InChI=1S/C20H19ClN2O6/c1-13(19(24)14-2-5-16(21)6-3-14)29-20(25)15-4-7-17(18(12-15)23(26)27)22-8-10-28-11-9-22/h2-7,12-13H,8-11H2,1H3/t13-/m0/s1. The van der Waals surface area contributed by atoms with Crippen molar-refractivity contribution in [3.63, 3.8) is 0 Å². The van der Waals surface area contributed by atoms with Crippen molar-refractivity contribution in [1.29, 1.82) is 0 Å². The minimum atomic E-state index is -1.05. The van der Waals surface area contributed by atoms with Crippen LogP contribution in [0.4, 0.5) is 11.4 Å². The van der Waals surface area contributed by atoms with Gasteiger partial charge in [0, 0.05) is 29.7 Å². The normalized spacial score (nSPS) is 14.9. The number of esters is 1. The van der Waals surface area contributed by atoms with Crippen LogP contribution < -0.4 is 4.90 Å². The molecule has 0 aromatic heterocycles. The number of nitro benzene ring substituents is 1. The SMILES string of the molecule is C[C@H](OC(=O)c1ccc(N2CCOCC2)c([N+](=O)[O-])c1)C(=O)c1ccc(Cl)cc1. The Morgan fingerprint density at radius 1 is 1.14 bits per heavy atom. The van der Waals surface area contributed by atoms with E-state index in [0.29, 0.717) is 42.6 Å². The lowest BCUT2D eigenvalue weighted by Gasteiger charge is -2.28. The van der Waals surface area contributed by atoms with Crippen molar-refractivity contribution < 1.29 is 24.0 Å². The molecule has 9 heteroatoms. The first-order valence-corrected chi connectivity index (χ1v) is 9.36. The van der Waals surface area contributed by atoms with Gasteiger partial charge in [-0.3, -0.25) is 14.9 Å². The van der Waals surface area contributed by atoms with Crippen molar-refractivity contribution in [3.05, 3.63) is 68.7 Å². The average Bonchev–Trinajstić information content (AvgIpc) is 2.73. The van der Waals surface area contributed by atoms with E-state index in [1.54, 1.807) is 12.1 Å². The molecule has 1 fully saturated rings. The summed E-state index contributed by atoms with van der Waals surface area (Å²) in [5.41, 5.74) is 0.575. The van der Waals surface area contributed by atoms with Crippen LogP contribution in [0.3, 0.4) is 0 Å². The molecule has 8 nitrogen and oxygen atoms in total. The number of halogens is 1. The molecule has 0 unspecified atom stereocenters. The van der Waals surface area contributed by atoms with Gasteiger partial charge in [-0.15, -0.1) is 0 Å². The Labute approximate surface area is 172 Å². The second-order valence-electron chi connectivity index (χ2n) is 6.48. The van der Waals surface area contributed by atoms with E-state index in [2.05, 4.69) is 0 Å². The van der Waals surface area contributed by atoms with Crippen LogP contribution in [-0.4, -0.2) is 49.1 Å². The van der Waals surface area contributed by atoms with Crippen molar-refractivity contribution in [2.24, 2.45) is 0 Å². The van der Waals surface area contributed by atoms with Crippen molar-refractivity contribution in [3.8, 4) is 0 Å². The number of nitrogens with zero attached hydrogens (tertiary/aromatic N) is 2. The highest BCUT2D eigenvalue weighted by atomic mass is 35.5. The first kappa shape index (κ1) is 20.8. The quantitative estimate of drug-likeness (QED) is 0.306. The van der Waals surface area contributed by atoms with Gasteiger partial charge in [0.15, 0.2) is 6.10 Å². The molecule has 0 spiro atoms. The highest BCUT2D eigenvalue weighted by Crippen LogP contribution is 2.30. The van der Waals surface area contributed by atoms with Gasteiger partial charge in [-0.25, -0.2) is 4.79 Å². The van der Waals surface area contributed by atoms with Gasteiger partial charge in [0.2, 0.25) is 5.78 Å². The summed E-state index contributed by atoms with van der Waals surface area (Å²) in [6.07, 6.45) is -1.05. The largest absolute Gasteiger partial charge is 0.451 e. The number of morpholine rings is 1. The lowest BCUT2D eigenvalue weighted by atomic mass is 10.1. The maximum Gasteiger partial charge on any atom is 0.339 e. The number of nitro groups is 1. The van der Waals surface area contributed by atoms with E-state index in [1.165, 1.54) is 37.3 Å². The molecule has 1 saturated heterocycles. The smallest absolute Gasteiger partial charge is 0.339 e. The summed E-state index contributed by atoms with van der Waals surface area (Å²) < 4.78 is 10.5. The fraction of sp³-hybridized carbons (Fsp3) is 0.300. The molecule has 0 amide bonds. The summed E-state index contributed by atoms with van der Waals surface area (Å²) >= 11 is 5.81. The van der Waals surface area contributed by atoms with E-state index >= 15 is 0 Å². The van der Waals surface area contributed by atoms with Gasteiger partial charge >= 0.3 is 5.97 Å².